The summed E-state index contributed by atoms with van der Waals surface area (Å²) in [6.45, 7) is 2.24. The van der Waals surface area contributed by atoms with Gasteiger partial charge in [-0.3, -0.25) is 0 Å². The highest BCUT2D eigenvalue weighted by atomic mass is 32.2. The third kappa shape index (κ3) is 4.61. The summed E-state index contributed by atoms with van der Waals surface area (Å²) >= 11 is 1.90. The smallest absolute Gasteiger partial charge is 0.310 e. The Hall–Kier alpha value is -0.750. The van der Waals surface area contributed by atoms with Crippen molar-refractivity contribution in [1.29, 1.82) is 0 Å². The van der Waals surface area contributed by atoms with Crippen molar-refractivity contribution in [2.75, 3.05) is 5.75 Å². The van der Waals surface area contributed by atoms with Crippen LogP contribution in [-0.2, 0) is 12.7 Å². The highest BCUT2D eigenvalue weighted by Crippen LogP contribution is 2.33. The maximum atomic E-state index is 13.0. The lowest BCUT2D eigenvalue weighted by molar-refractivity contribution is -0.138. The molecule has 2 rings (SSSR count). The molecule has 118 valence electrons. The summed E-state index contributed by atoms with van der Waals surface area (Å²) in [5.41, 5.74) is -0.775. The summed E-state index contributed by atoms with van der Waals surface area (Å²) in [5.74, 6) is 0.208. The van der Waals surface area contributed by atoms with Gasteiger partial charge in [-0.05, 0) is 42.7 Å². The average Bonchev–Trinajstić information content (AvgIpc) is 2.84. The maximum absolute atomic E-state index is 13.0. The molecule has 0 aliphatic heterocycles. The van der Waals surface area contributed by atoms with Crippen molar-refractivity contribution in [1.82, 2.24) is 5.32 Å². The number of hydrogen-bond acceptors (Lipinski definition) is 2. The van der Waals surface area contributed by atoms with Crippen LogP contribution in [0.3, 0.4) is 0 Å². The second-order valence-corrected chi connectivity index (χ2v) is 6.84. The average molecular weight is 321 g/mol. The molecule has 0 amide bonds. The molecule has 1 aromatic rings. The molecule has 0 aromatic heterocycles. The Morgan fingerprint density at radius 1 is 1.29 bits per heavy atom. The molecule has 1 saturated carbocycles. The molecule has 1 N–H and O–H groups in total. The minimum absolute atomic E-state index is 0.107. The van der Waals surface area contributed by atoms with Crippen molar-refractivity contribution in [2.45, 2.75) is 50.2 Å². The van der Waals surface area contributed by atoms with E-state index in [4.69, 9.17) is 0 Å². The third-order valence-corrected chi connectivity index (χ3v) is 4.98. The SMILES string of the molecule is CCSC1CCC(NCc2ccc(F)cc2C(F)(F)F)C1. The van der Waals surface area contributed by atoms with Crippen molar-refractivity contribution >= 4 is 11.8 Å². The lowest BCUT2D eigenvalue weighted by atomic mass is 10.1. The van der Waals surface area contributed by atoms with Crippen LogP contribution in [0.4, 0.5) is 17.6 Å². The molecule has 1 aliphatic carbocycles. The van der Waals surface area contributed by atoms with E-state index < -0.39 is 17.6 Å². The Balaban J connectivity index is 1.98. The number of rotatable bonds is 5. The van der Waals surface area contributed by atoms with Gasteiger partial charge in [-0.1, -0.05) is 13.0 Å². The van der Waals surface area contributed by atoms with Crippen LogP contribution in [0.5, 0.6) is 0 Å². The van der Waals surface area contributed by atoms with Gasteiger partial charge in [-0.15, -0.1) is 0 Å². The number of hydrogen-bond donors (Lipinski definition) is 1. The Bertz CT molecular complexity index is 475. The zero-order valence-corrected chi connectivity index (χ0v) is 12.7. The second kappa shape index (κ2) is 7.01. The fourth-order valence-corrected chi connectivity index (χ4v) is 3.88. The Morgan fingerprint density at radius 2 is 2.05 bits per heavy atom. The number of nitrogens with one attached hydrogen (secondary N) is 1. The van der Waals surface area contributed by atoms with Gasteiger partial charge in [0.25, 0.3) is 0 Å². The van der Waals surface area contributed by atoms with Gasteiger partial charge in [0.15, 0.2) is 0 Å². The van der Waals surface area contributed by atoms with E-state index in [-0.39, 0.29) is 18.2 Å². The lowest BCUT2D eigenvalue weighted by Gasteiger charge is -2.17. The van der Waals surface area contributed by atoms with Crippen LogP contribution >= 0.6 is 11.8 Å². The van der Waals surface area contributed by atoms with Gasteiger partial charge in [0.2, 0.25) is 0 Å². The van der Waals surface area contributed by atoms with Gasteiger partial charge in [0, 0.05) is 17.8 Å². The first-order valence-electron chi connectivity index (χ1n) is 7.10. The first kappa shape index (κ1) is 16.6. The summed E-state index contributed by atoms with van der Waals surface area (Å²) in [4.78, 5) is 0. The molecule has 0 saturated heterocycles. The number of benzene rings is 1. The molecule has 21 heavy (non-hydrogen) atoms. The van der Waals surface area contributed by atoms with E-state index in [1.165, 1.54) is 6.07 Å². The summed E-state index contributed by atoms with van der Waals surface area (Å²) < 4.78 is 51.7. The monoisotopic (exact) mass is 321 g/mol. The minimum atomic E-state index is -4.52. The van der Waals surface area contributed by atoms with Crippen molar-refractivity contribution in [3.63, 3.8) is 0 Å². The molecule has 0 spiro atoms. The highest BCUT2D eigenvalue weighted by molar-refractivity contribution is 7.99. The van der Waals surface area contributed by atoms with E-state index in [1.807, 2.05) is 11.8 Å². The van der Waals surface area contributed by atoms with Crippen LogP contribution in [0.15, 0.2) is 18.2 Å². The molecule has 1 aliphatic rings. The molecule has 1 aromatic carbocycles. The highest BCUT2D eigenvalue weighted by Gasteiger charge is 2.34. The van der Waals surface area contributed by atoms with Gasteiger partial charge in [0.1, 0.15) is 5.82 Å². The molecule has 0 heterocycles. The molecule has 1 nitrogen and oxygen atoms in total. The van der Waals surface area contributed by atoms with Crippen LogP contribution < -0.4 is 5.32 Å². The van der Waals surface area contributed by atoms with Gasteiger partial charge in [0.05, 0.1) is 5.56 Å². The van der Waals surface area contributed by atoms with Crippen molar-refractivity contribution < 1.29 is 17.6 Å². The number of halogens is 4. The standard InChI is InChI=1S/C15H19F4NS/c1-2-21-13-6-5-12(8-13)20-9-10-3-4-11(16)7-14(10)15(17,18)19/h3-4,7,12-13,20H,2,5-6,8-9H2,1H3. The van der Waals surface area contributed by atoms with Crippen molar-refractivity contribution in [3.05, 3.63) is 35.1 Å². The van der Waals surface area contributed by atoms with Crippen LogP contribution in [0.1, 0.15) is 37.3 Å². The Kier molecular flexibility index (Phi) is 5.54. The first-order valence-corrected chi connectivity index (χ1v) is 8.15. The zero-order chi connectivity index (χ0) is 15.5. The normalized spacial score (nSPS) is 22.7. The largest absolute Gasteiger partial charge is 0.416 e. The zero-order valence-electron chi connectivity index (χ0n) is 11.8. The topological polar surface area (TPSA) is 12.0 Å². The molecular formula is C15H19F4NS. The van der Waals surface area contributed by atoms with E-state index >= 15 is 0 Å². The van der Waals surface area contributed by atoms with Gasteiger partial charge in [-0.2, -0.15) is 24.9 Å². The maximum Gasteiger partial charge on any atom is 0.416 e. The second-order valence-electron chi connectivity index (χ2n) is 5.27. The molecule has 1 fully saturated rings. The van der Waals surface area contributed by atoms with E-state index in [0.717, 1.165) is 31.1 Å². The quantitative estimate of drug-likeness (QED) is 0.795. The lowest BCUT2D eigenvalue weighted by Crippen LogP contribution is -2.27. The molecular weight excluding hydrogens is 302 g/mol. The van der Waals surface area contributed by atoms with Crippen molar-refractivity contribution in [3.8, 4) is 0 Å². The Labute approximate surface area is 126 Å². The van der Waals surface area contributed by atoms with Crippen LogP contribution in [0, 0.1) is 5.82 Å². The number of alkyl halides is 3. The molecule has 0 bridgehead atoms. The first-order chi connectivity index (χ1) is 9.90. The minimum Gasteiger partial charge on any atom is -0.310 e. The van der Waals surface area contributed by atoms with E-state index in [2.05, 4.69) is 12.2 Å². The molecule has 0 radical (unpaired) electrons. The van der Waals surface area contributed by atoms with E-state index in [9.17, 15) is 17.6 Å². The predicted octanol–water partition coefficient (Wildman–Crippen LogP) is 4.61. The summed E-state index contributed by atoms with van der Waals surface area (Å²) in [5, 5.41) is 3.78. The van der Waals surface area contributed by atoms with E-state index in [0.29, 0.717) is 11.3 Å². The fraction of sp³-hybridized carbons (Fsp3) is 0.600. The predicted molar refractivity (Wildman–Crippen MR) is 77.8 cm³/mol. The summed E-state index contributed by atoms with van der Waals surface area (Å²) in [6, 6.07) is 3.12. The summed E-state index contributed by atoms with van der Waals surface area (Å²) in [7, 11) is 0. The molecule has 2 atom stereocenters. The molecule has 6 heteroatoms. The summed E-state index contributed by atoms with van der Waals surface area (Å²) in [6.07, 6.45) is -1.44. The van der Waals surface area contributed by atoms with Crippen LogP contribution in [-0.4, -0.2) is 17.0 Å². The molecule has 2 unspecified atom stereocenters. The number of thioether (sulfide) groups is 1. The fourth-order valence-electron chi connectivity index (χ4n) is 2.73. The van der Waals surface area contributed by atoms with Crippen molar-refractivity contribution in [2.24, 2.45) is 0 Å². The van der Waals surface area contributed by atoms with Crippen LogP contribution in [0.2, 0.25) is 0 Å². The van der Waals surface area contributed by atoms with Gasteiger partial charge in [-0.25, -0.2) is 4.39 Å². The van der Waals surface area contributed by atoms with Gasteiger partial charge < -0.3 is 5.32 Å². The Morgan fingerprint density at radius 3 is 2.71 bits per heavy atom. The van der Waals surface area contributed by atoms with Gasteiger partial charge >= 0.3 is 6.18 Å². The third-order valence-electron chi connectivity index (χ3n) is 3.75. The van der Waals surface area contributed by atoms with E-state index in [1.54, 1.807) is 0 Å². The van der Waals surface area contributed by atoms with Crippen LogP contribution in [0.25, 0.3) is 0 Å².